The second-order valence-electron chi connectivity index (χ2n) is 8.33. The Morgan fingerprint density at radius 3 is 2.38 bits per heavy atom. The van der Waals surface area contributed by atoms with E-state index < -0.39 is 0 Å². The van der Waals surface area contributed by atoms with Crippen LogP contribution in [0.4, 0.5) is 0 Å². The van der Waals surface area contributed by atoms with Crippen LogP contribution in [0.5, 0.6) is 0 Å². The third kappa shape index (κ3) is 7.39. The normalized spacial score (nSPS) is 23.7. The Labute approximate surface area is 187 Å². The number of nitrogens with two attached hydrogens (primary N) is 1. The van der Waals surface area contributed by atoms with Gasteiger partial charge in [-0.25, -0.2) is 0 Å². The van der Waals surface area contributed by atoms with Crippen LogP contribution in [-0.2, 0) is 22.6 Å². The quantitative estimate of drug-likeness (QED) is 0.670. The van der Waals surface area contributed by atoms with Gasteiger partial charge >= 0.3 is 0 Å². The summed E-state index contributed by atoms with van der Waals surface area (Å²) in [5.41, 5.74) is 8.46. The van der Waals surface area contributed by atoms with Gasteiger partial charge < -0.3 is 15.8 Å². The molecular formula is C21H36Cl2N4O2. The van der Waals surface area contributed by atoms with E-state index in [2.05, 4.69) is 46.3 Å². The molecule has 8 heteroatoms. The number of hydrogen-bond acceptors (Lipinski definition) is 5. The molecule has 29 heavy (non-hydrogen) atoms. The summed E-state index contributed by atoms with van der Waals surface area (Å²) in [6, 6.07) is 8.43. The summed E-state index contributed by atoms with van der Waals surface area (Å²) >= 11 is 0. The SMILES string of the molecule is CC(C(=O)NCc1ccc(CN2CCOCC2)cc1)N1CCC(C)(CN)C1.Cl.Cl. The number of morpholine rings is 1. The monoisotopic (exact) mass is 446 g/mol. The van der Waals surface area contributed by atoms with Crippen LogP contribution >= 0.6 is 24.8 Å². The van der Waals surface area contributed by atoms with Crippen molar-refractivity contribution in [2.24, 2.45) is 11.1 Å². The molecule has 2 heterocycles. The largest absolute Gasteiger partial charge is 0.379 e. The minimum Gasteiger partial charge on any atom is -0.379 e. The lowest BCUT2D eigenvalue weighted by Crippen LogP contribution is -2.45. The molecule has 0 spiro atoms. The van der Waals surface area contributed by atoms with Crippen LogP contribution in [0, 0.1) is 5.41 Å². The standard InChI is InChI=1S/C21H34N4O2.2ClH/c1-17(25-8-7-21(2,15-22)16-25)20(26)23-13-18-3-5-19(6-4-18)14-24-9-11-27-12-10-24;;/h3-6,17H,7-16,22H2,1-2H3,(H,23,26);2*1H. The average molecular weight is 447 g/mol. The van der Waals surface area contributed by atoms with Crippen molar-refractivity contribution in [1.82, 2.24) is 15.1 Å². The lowest BCUT2D eigenvalue weighted by atomic mass is 9.90. The molecule has 0 aliphatic carbocycles. The Morgan fingerprint density at radius 1 is 1.17 bits per heavy atom. The molecule has 0 bridgehead atoms. The highest BCUT2D eigenvalue weighted by Crippen LogP contribution is 2.29. The fourth-order valence-corrected chi connectivity index (χ4v) is 3.84. The van der Waals surface area contributed by atoms with Crippen LogP contribution in [0.15, 0.2) is 24.3 Å². The summed E-state index contributed by atoms with van der Waals surface area (Å²) in [4.78, 5) is 17.2. The predicted molar refractivity (Wildman–Crippen MR) is 122 cm³/mol. The zero-order valence-electron chi connectivity index (χ0n) is 17.6. The van der Waals surface area contributed by atoms with Gasteiger partial charge in [0.2, 0.25) is 5.91 Å². The molecule has 2 aliphatic heterocycles. The summed E-state index contributed by atoms with van der Waals surface area (Å²) in [5, 5.41) is 3.08. The van der Waals surface area contributed by atoms with Crippen molar-refractivity contribution in [3.05, 3.63) is 35.4 Å². The van der Waals surface area contributed by atoms with Crippen LogP contribution in [0.25, 0.3) is 0 Å². The smallest absolute Gasteiger partial charge is 0.237 e. The van der Waals surface area contributed by atoms with Crippen molar-refractivity contribution in [2.75, 3.05) is 45.9 Å². The Hall–Kier alpha value is -0.890. The van der Waals surface area contributed by atoms with Gasteiger partial charge in [-0.05, 0) is 43.0 Å². The molecule has 0 radical (unpaired) electrons. The van der Waals surface area contributed by atoms with E-state index in [1.807, 2.05) is 6.92 Å². The molecule has 2 atom stereocenters. The first kappa shape index (κ1) is 26.1. The van der Waals surface area contributed by atoms with Crippen LogP contribution in [0.1, 0.15) is 31.4 Å². The van der Waals surface area contributed by atoms with Gasteiger partial charge in [0.25, 0.3) is 0 Å². The van der Waals surface area contributed by atoms with Crippen LogP contribution < -0.4 is 11.1 Å². The number of rotatable bonds is 7. The molecule has 1 amide bonds. The third-order valence-corrected chi connectivity index (χ3v) is 6.01. The number of amides is 1. The van der Waals surface area contributed by atoms with Gasteiger partial charge in [-0.3, -0.25) is 14.6 Å². The molecule has 3 N–H and O–H groups in total. The Balaban J connectivity index is 0.00000210. The summed E-state index contributed by atoms with van der Waals surface area (Å²) in [6.07, 6.45) is 1.06. The van der Waals surface area contributed by atoms with Crippen molar-refractivity contribution >= 4 is 30.7 Å². The van der Waals surface area contributed by atoms with Crippen molar-refractivity contribution in [3.63, 3.8) is 0 Å². The highest BCUT2D eigenvalue weighted by atomic mass is 35.5. The van der Waals surface area contributed by atoms with Gasteiger partial charge in [0.05, 0.1) is 19.3 Å². The first-order chi connectivity index (χ1) is 13.0. The maximum atomic E-state index is 12.5. The van der Waals surface area contributed by atoms with E-state index in [0.717, 1.165) is 57.9 Å². The van der Waals surface area contributed by atoms with Gasteiger partial charge in [0.15, 0.2) is 0 Å². The Bertz CT molecular complexity index is 626. The molecule has 3 rings (SSSR count). The maximum absolute atomic E-state index is 12.5. The zero-order chi connectivity index (χ0) is 19.3. The highest BCUT2D eigenvalue weighted by molar-refractivity contribution is 5.85. The average Bonchev–Trinajstić information content (AvgIpc) is 3.10. The number of likely N-dealkylation sites (tertiary alicyclic amines) is 1. The van der Waals surface area contributed by atoms with Crippen molar-refractivity contribution in [3.8, 4) is 0 Å². The number of nitrogens with one attached hydrogen (secondary N) is 1. The van der Waals surface area contributed by atoms with Crippen LogP contribution in [0.3, 0.4) is 0 Å². The molecule has 1 aromatic carbocycles. The number of ether oxygens (including phenoxy) is 1. The van der Waals surface area contributed by atoms with E-state index in [-0.39, 0.29) is 42.2 Å². The Kier molecular flexibility index (Phi) is 10.9. The van der Waals surface area contributed by atoms with Gasteiger partial charge in [-0.1, -0.05) is 31.2 Å². The fourth-order valence-electron chi connectivity index (χ4n) is 3.84. The number of nitrogens with zero attached hydrogens (tertiary/aromatic N) is 2. The second-order valence-corrected chi connectivity index (χ2v) is 8.33. The molecule has 2 saturated heterocycles. The first-order valence-corrected chi connectivity index (χ1v) is 10.1. The van der Waals surface area contributed by atoms with Gasteiger partial charge in [-0.15, -0.1) is 24.8 Å². The van der Waals surface area contributed by atoms with E-state index in [1.54, 1.807) is 0 Å². The number of benzene rings is 1. The Morgan fingerprint density at radius 2 is 1.79 bits per heavy atom. The lowest BCUT2D eigenvalue weighted by Gasteiger charge is -2.27. The minimum absolute atomic E-state index is 0. The molecule has 166 valence electrons. The third-order valence-electron chi connectivity index (χ3n) is 6.01. The van der Waals surface area contributed by atoms with E-state index in [4.69, 9.17) is 10.5 Å². The van der Waals surface area contributed by atoms with E-state index in [1.165, 1.54) is 5.56 Å². The zero-order valence-corrected chi connectivity index (χ0v) is 19.2. The predicted octanol–water partition coefficient (Wildman–Crippen LogP) is 2.04. The lowest BCUT2D eigenvalue weighted by molar-refractivity contribution is -0.125. The molecule has 2 aliphatic rings. The summed E-state index contributed by atoms with van der Waals surface area (Å²) in [5.74, 6) is 0.0914. The highest BCUT2D eigenvalue weighted by Gasteiger charge is 2.36. The molecule has 6 nitrogen and oxygen atoms in total. The van der Waals surface area contributed by atoms with Crippen molar-refractivity contribution in [1.29, 1.82) is 0 Å². The van der Waals surface area contributed by atoms with E-state index in [9.17, 15) is 4.79 Å². The number of carbonyl (C=O) groups is 1. The number of halogens is 2. The van der Waals surface area contributed by atoms with Crippen LogP contribution in [-0.4, -0.2) is 67.7 Å². The maximum Gasteiger partial charge on any atom is 0.237 e. The molecule has 1 aromatic rings. The van der Waals surface area contributed by atoms with Gasteiger partial charge in [0, 0.05) is 32.7 Å². The summed E-state index contributed by atoms with van der Waals surface area (Å²) < 4.78 is 5.39. The van der Waals surface area contributed by atoms with E-state index >= 15 is 0 Å². The number of carbonyl (C=O) groups excluding carboxylic acids is 1. The summed E-state index contributed by atoms with van der Waals surface area (Å²) in [6.45, 7) is 11.9. The van der Waals surface area contributed by atoms with Crippen LogP contribution in [0.2, 0.25) is 0 Å². The topological polar surface area (TPSA) is 70.8 Å². The fraction of sp³-hybridized carbons (Fsp3) is 0.667. The minimum atomic E-state index is -0.112. The molecule has 2 unspecified atom stereocenters. The molecule has 0 aromatic heterocycles. The van der Waals surface area contributed by atoms with Gasteiger partial charge in [-0.2, -0.15) is 0 Å². The van der Waals surface area contributed by atoms with Crippen molar-refractivity contribution < 1.29 is 9.53 Å². The molecular weight excluding hydrogens is 411 g/mol. The molecule has 0 saturated carbocycles. The second kappa shape index (κ2) is 12.1. The first-order valence-electron chi connectivity index (χ1n) is 10.1. The van der Waals surface area contributed by atoms with E-state index in [0.29, 0.717) is 13.1 Å². The van der Waals surface area contributed by atoms with Crippen molar-refractivity contribution in [2.45, 2.75) is 39.4 Å². The molecule has 2 fully saturated rings. The number of hydrogen-bond donors (Lipinski definition) is 2. The summed E-state index contributed by atoms with van der Waals surface area (Å²) in [7, 11) is 0. The van der Waals surface area contributed by atoms with Gasteiger partial charge in [0.1, 0.15) is 0 Å².